The molecule has 0 fully saturated rings. The van der Waals surface area contributed by atoms with Crippen LogP contribution in [0.1, 0.15) is 24.8 Å². The predicted molar refractivity (Wildman–Crippen MR) is 93.2 cm³/mol. The van der Waals surface area contributed by atoms with E-state index in [1.807, 2.05) is 0 Å². The largest absolute Gasteiger partial charge is 0.281 e. The van der Waals surface area contributed by atoms with Crippen molar-refractivity contribution >= 4 is 34.1 Å². The minimum atomic E-state index is -3.57. The average molecular weight is 400 g/mol. The van der Waals surface area contributed by atoms with Crippen molar-refractivity contribution in [2.45, 2.75) is 13.7 Å². The van der Waals surface area contributed by atoms with Crippen LogP contribution in [0.2, 0.25) is 0 Å². The third-order valence-electron chi connectivity index (χ3n) is 2.87. The molecule has 0 atom stereocenters. The van der Waals surface area contributed by atoms with Gasteiger partial charge >= 0.3 is 0 Å². The van der Waals surface area contributed by atoms with Gasteiger partial charge in [0.05, 0.1) is 36.6 Å². The van der Waals surface area contributed by atoms with E-state index in [-0.39, 0.29) is 0 Å². The molecule has 0 N–H and O–H groups in total. The number of nitro benzene ring substituents is 4. The Kier molecular flexibility index (Phi) is 2.70. The van der Waals surface area contributed by atoms with E-state index in [0.29, 0.717) is 0 Å². The quantitative estimate of drug-likeness (QED) is 0.387. The monoisotopic (exact) mass is 400 g/mol. The molecule has 0 spiro atoms. The van der Waals surface area contributed by atoms with Gasteiger partial charge in [0.25, 0.3) is 22.7 Å². The highest BCUT2D eigenvalue weighted by molar-refractivity contribution is 5.64. The predicted octanol–water partition coefficient (Wildman–Crippen LogP) is 4.35. The Morgan fingerprint density at radius 3 is 1.11 bits per heavy atom. The fourth-order valence-electron chi connectivity index (χ4n) is 1.73. The molecule has 0 radical (unpaired) electrons. The fraction of sp³-hybridized carbons (Fsp3) is 0.143. The first-order chi connectivity index (χ1) is 17.2. The summed E-state index contributed by atoms with van der Waals surface area (Å²) in [5.74, 6) is 0. The number of rotatable bonds is 6. The van der Waals surface area contributed by atoms with Crippen molar-refractivity contribution in [3.63, 3.8) is 0 Å². The van der Waals surface area contributed by atoms with E-state index in [4.69, 9.17) is 13.7 Å². The van der Waals surface area contributed by atoms with Gasteiger partial charge in [-0.25, -0.2) is 0 Å². The molecule has 0 heterocycles. The minimum absolute atomic E-state index is 1.36. The number of nitro groups is 4. The van der Waals surface area contributed by atoms with Crippen LogP contribution in [0.3, 0.4) is 0 Å². The second-order valence-corrected chi connectivity index (χ2v) is 4.57. The standard InChI is InChI=1S/C14H10N6O8/c1-7-11(17(21)22)3-9(4-12(7)18(23)24)15-16-10-5-13(19(25)26)8(2)14(6-10)20(27)28/h3-6H,1-2H3/i1D3,2D3,3D,4D,5D,6D. The maximum atomic E-state index is 11.5. The number of benzene rings is 2. The van der Waals surface area contributed by atoms with Crippen LogP contribution in [0.5, 0.6) is 0 Å². The van der Waals surface area contributed by atoms with E-state index in [1.54, 1.807) is 0 Å². The first kappa shape index (κ1) is 10.1. The van der Waals surface area contributed by atoms with E-state index in [0.717, 1.165) is 0 Å². The van der Waals surface area contributed by atoms with Crippen LogP contribution >= 0.6 is 0 Å². The lowest BCUT2D eigenvalue weighted by Crippen LogP contribution is -1.97. The Morgan fingerprint density at radius 1 is 0.679 bits per heavy atom. The van der Waals surface area contributed by atoms with Crippen molar-refractivity contribution < 1.29 is 33.4 Å². The molecule has 2 aromatic carbocycles. The van der Waals surface area contributed by atoms with Gasteiger partial charge in [0.1, 0.15) is 11.1 Å². The van der Waals surface area contributed by atoms with Gasteiger partial charge in [0.15, 0.2) is 0 Å². The normalized spacial score (nSPS) is 16.9. The number of nitrogens with zero attached hydrogens (tertiary/aromatic N) is 6. The van der Waals surface area contributed by atoms with Crippen molar-refractivity contribution in [2.75, 3.05) is 0 Å². The number of hydrogen-bond donors (Lipinski definition) is 0. The molecule has 0 unspecified atom stereocenters. The number of hydrogen-bond acceptors (Lipinski definition) is 10. The molecular formula is C14H10N6O8. The molecule has 0 saturated carbocycles. The highest BCUT2D eigenvalue weighted by Gasteiger charge is 2.25. The molecule has 144 valence electrons. The van der Waals surface area contributed by atoms with Gasteiger partial charge < -0.3 is 0 Å². The van der Waals surface area contributed by atoms with Crippen LogP contribution in [-0.2, 0) is 0 Å². The van der Waals surface area contributed by atoms with Gasteiger partial charge in [-0.05, 0) is 13.7 Å². The van der Waals surface area contributed by atoms with Crippen molar-refractivity contribution in [3.05, 3.63) is 75.8 Å². The van der Waals surface area contributed by atoms with Crippen molar-refractivity contribution in [2.24, 2.45) is 10.2 Å². The SMILES string of the molecule is [2H]c1c(N=Nc2c([2H])c([N+](=O)[O-])c(C([2H])([2H])[2H])c([N+](=O)[O-])c2[2H])c([2H])c([N+](=O)[O-])c(C([2H])([2H])[2H])c1[N+](=O)[O-]. The molecule has 0 aromatic heterocycles. The fourth-order valence-corrected chi connectivity index (χ4v) is 1.73. The molecular weight excluding hydrogens is 380 g/mol. The van der Waals surface area contributed by atoms with E-state index in [2.05, 4.69) is 10.2 Å². The zero-order chi connectivity index (χ0) is 29.7. The van der Waals surface area contributed by atoms with Gasteiger partial charge in [0, 0.05) is 32.4 Å². The summed E-state index contributed by atoms with van der Waals surface area (Å²) in [4.78, 5) is 40.1. The molecule has 0 aliphatic rings. The minimum Gasteiger partial charge on any atom is -0.258 e. The zero-order valence-electron chi connectivity index (χ0n) is 22.9. The Hall–Kier alpha value is -4.36. The third-order valence-corrected chi connectivity index (χ3v) is 2.87. The summed E-state index contributed by atoms with van der Waals surface area (Å²) >= 11 is 0. The van der Waals surface area contributed by atoms with Crippen molar-refractivity contribution in [3.8, 4) is 0 Å². The topological polar surface area (TPSA) is 197 Å². The Morgan fingerprint density at radius 2 is 0.929 bits per heavy atom. The van der Waals surface area contributed by atoms with Crippen LogP contribution in [0.15, 0.2) is 34.4 Å². The summed E-state index contributed by atoms with van der Waals surface area (Å²) in [6.07, 6.45) is 0. The summed E-state index contributed by atoms with van der Waals surface area (Å²) in [6.45, 7) is -7.14. The second-order valence-electron chi connectivity index (χ2n) is 4.57. The van der Waals surface area contributed by atoms with E-state index >= 15 is 0 Å². The lowest BCUT2D eigenvalue weighted by atomic mass is 10.1. The van der Waals surface area contributed by atoms with Gasteiger partial charge in [0.2, 0.25) is 0 Å². The molecule has 2 rings (SSSR count). The summed E-state index contributed by atoms with van der Waals surface area (Å²) in [6, 6.07) is -5.99. The zero-order valence-corrected chi connectivity index (χ0v) is 12.9. The summed E-state index contributed by atoms with van der Waals surface area (Å²) in [5, 5.41) is 52.2. The van der Waals surface area contributed by atoms with Gasteiger partial charge in [-0.15, -0.1) is 0 Å². The molecule has 14 heteroatoms. The Balaban J connectivity index is 3.09. The van der Waals surface area contributed by atoms with E-state index < -0.39 is 103 Å². The number of azo groups is 1. The van der Waals surface area contributed by atoms with Gasteiger partial charge in [-0.2, -0.15) is 10.2 Å². The molecule has 2 aromatic rings. The first-order valence-electron chi connectivity index (χ1n) is 11.5. The van der Waals surface area contributed by atoms with Crippen LogP contribution < -0.4 is 0 Å². The van der Waals surface area contributed by atoms with Crippen LogP contribution in [0, 0.1) is 54.2 Å². The van der Waals surface area contributed by atoms with Gasteiger partial charge in [-0.3, -0.25) is 40.5 Å². The molecule has 14 nitrogen and oxygen atoms in total. The third kappa shape index (κ3) is 3.90. The van der Waals surface area contributed by atoms with Crippen molar-refractivity contribution in [1.29, 1.82) is 0 Å². The molecule has 0 aliphatic carbocycles. The molecule has 0 bridgehead atoms. The molecule has 28 heavy (non-hydrogen) atoms. The van der Waals surface area contributed by atoms with Crippen LogP contribution in [0.4, 0.5) is 34.1 Å². The molecule has 0 saturated heterocycles. The molecule has 0 aliphatic heterocycles. The lowest BCUT2D eigenvalue weighted by Gasteiger charge is -2.02. The van der Waals surface area contributed by atoms with E-state index in [9.17, 15) is 40.5 Å². The average Bonchev–Trinajstić information content (AvgIpc) is 2.71. The highest BCUT2D eigenvalue weighted by atomic mass is 16.6. The summed E-state index contributed by atoms with van der Waals surface area (Å²) in [7, 11) is 0. The maximum Gasteiger partial charge on any atom is 0.281 e. The van der Waals surface area contributed by atoms with Crippen LogP contribution in [-0.4, -0.2) is 19.7 Å². The smallest absolute Gasteiger partial charge is 0.258 e. The van der Waals surface area contributed by atoms with Gasteiger partial charge in [-0.1, -0.05) is 0 Å². The van der Waals surface area contributed by atoms with E-state index in [1.165, 1.54) is 0 Å². The first-order valence-corrected chi connectivity index (χ1v) is 6.50. The Bertz CT molecular complexity index is 1270. The molecule has 0 amide bonds. The maximum absolute atomic E-state index is 11.5. The Labute approximate surface area is 168 Å². The summed E-state index contributed by atoms with van der Waals surface area (Å²) < 4.78 is 75.9. The second kappa shape index (κ2) is 7.48. The summed E-state index contributed by atoms with van der Waals surface area (Å²) in [5.41, 5.74) is -12.6. The van der Waals surface area contributed by atoms with Crippen LogP contribution in [0.25, 0.3) is 0 Å². The highest BCUT2D eigenvalue weighted by Crippen LogP contribution is 2.36. The lowest BCUT2D eigenvalue weighted by molar-refractivity contribution is -0.395. The van der Waals surface area contributed by atoms with Crippen molar-refractivity contribution in [1.82, 2.24) is 0 Å².